The minimum atomic E-state index is -0.118. The van der Waals surface area contributed by atoms with Gasteiger partial charge in [-0.15, -0.1) is 12.4 Å². The Hall–Kier alpha value is -1.07. The zero-order valence-electron chi connectivity index (χ0n) is 12.6. The molecule has 114 valence electrons. The predicted molar refractivity (Wildman–Crippen MR) is 82.2 cm³/mol. The summed E-state index contributed by atoms with van der Waals surface area (Å²) in [7, 11) is 0. The van der Waals surface area contributed by atoms with Crippen LogP contribution in [-0.2, 0) is 5.54 Å². The van der Waals surface area contributed by atoms with E-state index < -0.39 is 0 Å². The molecule has 20 heavy (non-hydrogen) atoms. The van der Waals surface area contributed by atoms with E-state index in [0.29, 0.717) is 18.0 Å². The van der Waals surface area contributed by atoms with Crippen LogP contribution in [-0.4, -0.2) is 28.3 Å². The van der Waals surface area contributed by atoms with E-state index in [4.69, 9.17) is 5.73 Å². The number of nitrogens with two attached hydrogens (primary N) is 1. The van der Waals surface area contributed by atoms with Crippen LogP contribution in [0.3, 0.4) is 0 Å². The molecule has 1 aliphatic carbocycles. The smallest absolute Gasteiger partial charge is 0.254 e. The highest BCUT2D eigenvalue weighted by Crippen LogP contribution is 2.31. The molecule has 0 bridgehead atoms. The van der Waals surface area contributed by atoms with Gasteiger partial charge in [0.2, 0.25) is 0 Å². The number of rotatable bonds is 4. The Morgan fingerprint density at radius 2 is 2.15 bits per heavy atom. The van der Waals surface area contributed by atoms with Crippen molar-refractivity contribution in [3.63, 3.8) is 0 Å². The Morgan fingerprint density at radius 3 is 2.60 bits per heavy atom. The molecule has 1 amide bonds. The van der Waals surface area contributed by atoms with Crippen LogP contribution < -0.4 is 11.1 Å². The molecule has 1 fully saturated rings. The molecule has 0 saturated heterocycles. The van der Waals surface area contributed by atoms with Crippen LogP contribution in [0.2, 0.25) is 0 Å². The number of aromatic nitrogens is 2. The van der Waals surface area contributed by atoms with Gasteiger partial charge in [-0.2, -0.15) is 5.10 Å². The third-order valence-corrected chi connectivity index (χ3v) is 3.62. The molecule has 1 saturated carbocycles. The van der Waals surface area contributed by atoms with E-state index in [1.165, 1.54) is 12.8 Å². The maximum absolute atomic E-state index is 12.1. The van der Waals surface area contributed by atoms with Crippen molar-refractivity contribution in [3.8, 4) is 0 Å². The monoisotopic (exact) mass is 300 g/mol. The lowest BCUT2D eigenvalue weighted by Gasteiger charge is -2.21. The first kappa shape index (κ1) is 17.0. The number of carbonyl (C=O) groups excluding carboxylic acids is 1. The van der Waals surface area contributed by atoms with E-state index >= 15 is 0 Å². The third-order valence-electron chi connectivity index (χ3n) is 3.62. The number of hydrogen-bond acceptors (Lipinski definition) is 3. The van der Waals surface area contributed by atoms with E-state index in [1.54, 1.807) is 6.20 Å². The first-order valence-electron chi connectivity index (χ1n) is 6.89. The molecule has 0 aromatic carbocycles. The predicted octanol–water partition coefficient (Wildman–Crippen LogP) is 1.84. The van der Waals surface area contributed by atoms with Gasteiger partial charge in [0.1, 0.15) is 0 Å². The van der Waals surface area contributed by atoms with Crippen LogP contribution >= 0.6 is 12.4 Å². The van der Waals surface area contributed by atoms with Crippen molar-refractivity contribution in [1.29, 1.82) is 0 Å². The summed E-state index contributed by atoms with van der Waals surface area (Å²) in [6.45, 7) is 8.67. The lowest BCUT2D eigenvalue weighted by atomic mass is 10.1. The molecule has 0 aliphatic heterocycles. The second-order valence-electron chi connectivity index (χ2n) is 6.44. The van der Waals surface area contributed by atoms with Crippen molar-refractivity contribution in [2.24, 2.45) is 11.7 Å². The van der Waals surface area contributed by atoms with Gasteiger partial charge < -0.3 is 11.1 Å². The van der Waals surface area contributed by atoms with E-state index in [9.17, 15) is 4.79 Å². The van der Waals surface area contributed by atoms with Crippen LogP contribution in [0.5, 0.6) is 0 Å². The average Bonchev–Trinajstić information content (AvgIpc) is 3.07. The van der Waals surface area contributed by atoms with Gasteiger partial charge in [-0.1, -0.05) is 0 Å². The topological polar surface area (TPSA) is 72.9 Å². The highest BCUT2D eigenvalue weighted by Gasteiger charge is 2.29. The largest absolute Gasteiger partial charge is 0.350 e. The van der Waals surface area contributed by atoms with Gasteiger partial charge in [-0.05, 0) is 46.5 Å². The second-order valence-corrected chi connectivity index (χ2v) is 6.44. The summed E-state index contributed by atoms with van der Waals surface area (Å²) in [6.07, 6.45) is 4.02. The Bertz CT molecular complexity index is 474. The van der Waals surface area contributed by atoms with Gasteiger partial charge in [0.05, 0.1) is 17.3 Å². The fraction of sp³-hybridized carbons (Fsp3) is 0.714. The lowest BCUT2D eigenvalue weighted by Crippen LogP contribution is -2.38. The molecule has 5 nitrogen and oxygen atoms in total. The molecule has 0 radical (unpaired) electrons. The van der Waals surface area contributed by atoms with Gasteiger partial charge >= 0.3 is 0 Å². The number of nitrogens with zero attached hydrogens (tertiary/aromatic N) is 2. The molecular formula is C14H25ClN4O. The van der Waals surface area contributed by atoms with Gasteiger partial charge in [-0.25, -0.2) is 0 Å². The van der Waals surface area contributed by atoms with Gasteiger partial charge in [0.15, 0.2) is 0 Å². The Kier molecular flexibility index (Phi) is 5.21. The number of hydrogen-bond donors (Lipinski definition) is 2. The van der Waals surface area contributed by atoms with Crippen molar-refractivity contribution >= 4 is 18.3 Å². The summed E-state index contributed by atoms with van der Waals surface area (Å²) in [5.41, 5.74) is 7.39. The Balaban J connectivity index is 0.00000200. The van der Waals surface area contributed by atoms with Gasteiger partial charge in [0.25, 0.3) is 5.91 Å². The van der Waals surface area contributed by atoms with Gasteiger partial charge in [0, 0.05) is 18.3 Å². The molecule has 1 heterocycles. The third kappa shape index (κ3) is 3.73. The van der Waals surface area contributed by atoms with E-state index in [-0.39, 0.29) is 29.9 Å². The first-order chi connectivity index (χ1) is 8.80. The zero-order chi connectivity index (χ0) is 14.2. The molecule has 0 spiro atoms. The van der Waals surface area contributed by atoms with Crippen molar-refractivity contribution in [2.75, 3.05) is 6.54 Å². The number of halogens is 1. The molecule has 1 aliphatic rings. The second kappa shape index (κ2) is 6.14. The zero-order valence-corrected chi connectivity index (χ0v) is 13.5. The average molecular weight is 301 g/mol. The SMILES string of the molecule is Cc1c(C(=O)NCC(N)C2CC2)cnn1C(C)(C)C.Cl. The van der Waals surface area contributed by atoms with E-state index in [0.717, 1.165) is 5.69 Å². The van der Waals surface area contributed by atoms with E-state index in [2.05, 4.69) is 31.2 Å². The van der Waals surface area contributed by atoms with E-state index in [1.807, 2.05) is 11.6 Å². The summed E-state index contributed by atoms with van der Waals surface area (Å²) in [4.78, 5) is 12.1. The van der Waals surface area contributed by atoms with Crippen LogP contribution in [0.1, 0.15) is 49.7 Å². The molecule has 3 N–H and O–H groups in total. The quantitative estimate of drug-likeness (QED) is 0.891. The summed E-state index contributed by atoms with van der Waals surface area (Å²) in [5.74, 6) is 0.516. The van der Waals surface area contributed by atoms with Crippen LogP contribution in [0.4, 0.5) is 0 Å². The van der Waals surface area contributed by atoms with Crippen molar-refractivity contribution in [2.45, 2.75) is 52.1 Å². The molecular weight excluding hydrogens is 276 g/mol. The normalized spacial score (nSPS) is 16.4. The molecule has 1 atom stereocenters. The minimum Gasteiger partial charge on any atom is -0.350 e. The number of nitrogens with one attached hydrogen (secondary N) is 1. The van der Waals surface area contributed by atoms with Gasteiger partial charge in [-0.3, -0.25) is 9.48 Å². The van der Waals surface area contributed by atoms with Crippen molar-refractivity contribution < 1.29 is 4.79 Å². The highest BCUT2D eigenvalue weighted by atomic mass is 35.5. The summed E-state index contributed by atoms with van der Waals surface area (Å²) in [5, 5.41) is 7.22. The Morgan fingerprint density at radius 1 is 1.55 bits per heavy atom. The summed E-state index contributed by atoms with van der Waals surface area (Å²) < 4.78 is 1.88. The molecule has 6 heteroatoms. The molecule has 2 rings (SSSR count). The van der Waals surface area contributed by atoms with Crippen molar-refractivity contribution in [1.82, 2.24) is 15.1 Å². The standard InChI is InChI=1S/C14H24N4O.ClH/c1-9-11(7-17-18(9)14(2,3)4)13(19)16-8-12(15)10-5-6-10;/h7,10,12H,5-6,8,15H2,1-4H3,(H,16,19);1H. The fourth-order valence-corrected chi connectivity index (χ4v) is 2.31. The first-order valence-corrected chi connectivity index (χ1v) is 6.89. The highest BCUT2D eigenvalue weighted by molar-refractivity contribution is 5.95. The van der Waals surface area contributed by atoms with Crippen LogP contribution in [0.25, 0.3) is 0 Å². The van der Waals surface area contributed by atoms with Crippen LogP contribution in [0.15, 0.2) is 6.20 Å². The van der Waals surface area contributed by atoms with Crippen LogP contribution in [0, 0.1) is 12.8 Å². The molecule has 1 aromatic heterocycles. The number of amides is 1. The number of carbonyl (C=O) groups is 1. The molecule has 1 unspecified atom stereocenters. The summed E-state index contributed by atoms with van der Waals surface area (Å²) >= 11 is 0. The maximum Gasteiger partial charge on any atom is 0.254 e. The Labute approximate surface area is 126 Å². The lowest BCUT2D eigenvalue weighted by molar-refractivity contribution is 0.0949. The summed E-state index contributed by atoms with van der Waals surface area (Å²) in [6, 6.07) is 0.0851. The van der Waals surface area contributed by atoms with Crippen molar-refractivity contribution in [3.05, 3.63) is 17.5 Å². The fourth-order valence-electron chi connectivity index (χ4n) is 2.31. The molecule has 1 aromatic rings. The minimum absolute atomic E-state index is 0. The maximum atomic E-state index is 12.1.